The number of rotatable bonds is 8. The summed E-state index contributed by atoms with van der Waals surface area (Å²) < 4.78 is 0. The molecule has 0 radical (unpaired) electrons. The number of likely N-dealkylation sites (tertiary alicyclic amines) is 2. The van der Waals surface area contributed by atoms with Gasteiger partial charge in [0.25, 0.3) is 0 Å². The van der Waals surface area contributed by atoms with E-state index in [1.807, 2.05) is 28.0 Å². The van der Waals surface area contributed by atoms with Crippen LogP contribution in [0.3, 0.4) is 0 Å². The zero-order chi connectivity index (χ0) is 24.6. The molecule has 0 unspecified atom stereocenters. The second-order valence-corrected chi connectivity index (χ2v) is 10.2. The number of piperidine rings is 1. The van der Waals surface area contributed by atoms with Gasteiger partial charge in [-0.2, -0.15) is 0 Å². The third kappa shape index (κ3) is 6.67. The average Bonchev–Trinajstić information content (AvgIpc) is 3.61. The Hall–Kier alpha value is -2.77. The van der Waals surface area contributed by atoms with Gasteiger partial charge in [-0.3, -0.25) is 9.59 Å². The van der Waals surface area contributed by atoms with E-state index in [-0.39, 0.29) is 23.8 Å². The fraction of sp³-hybridized carbons (Fsp3) is 0.667. The fourth-order valence-corrected chi connectivity index (χ4v) is 5.43. The molecule has 4 amide bonds. The van der Waals surface area contributed by atoms with E-state index in [2.05, 4.69) is 28.5 Å². The second kappa shape index (κ2) is 12.3. The first-order valence-electron chi connectivity index (χ1n) is 13.5. The van der Waals surface area contributed by atoms with E-state index in [0.717, 1.165) is 76.1 Å². The highest BCUT2D eigenvalue weighted by Crippen LogP contribution is 2.24. The molecule has 4 rings (SSSR count). The minimum absolute atomic E-state index is 0.0539. The van der Waals surface area contributed by atoms with Crippen molar-refractivity contribution in [2.75, 3.05) is 49.5 Å². The molecular weight excluding hydrogens is 442 g/mol. The maximum Gasteiger partial charge on any atom is 0.320 e. The lowest BCUT2D eigenvalue weighted by atomic mass is 9.96. The molecule has 0 saturated carbocycles. The number of anilines is 2. The first-order chi connectivity index (χ1) is 17.0. The molecule has 3 aliphatic heterocycles. The van der Waals surface area contributed by atoms with Gasteiger partial charge in [-0.05, 0) is 63.1 Å². The van der Waals surface area contributed by atoms with Crippen molar-refractivity contribution >= 4 is 29.2 Å². The number of hydrogen-bond donors (Lipinski definition) is 2. The molecule has 0 spiro atoms. The van der Waals surface area contributed by atoms with Crippen LogP contribution in [0.1, 0.15) is 64.7 Å². The predicted octanol–water partition coefficient (Wildman–Crippen LogP) is 3.83. The zero-order valence-electron chi connectivity index (χ0n) is 21.1. The molecule has 2 atom stereocenters. The van der Waals surface area contributed by atoms with E-state index >= 15 is 0 Å². The third-order valence-corrected chi connectivity index (χ3v) is 7.50. The van der Waals surface area contributed by atoms with Gasteiger partial charge < -0.3 is 25.3 Å². The lowest BCUT2D eigenvalue weighted by Crippen LogP contribution is -2.52. The molecule has 8 nitrogen and oxygen atoms in total. The average molecular weight is 484 g/mol. The van der Waals surface area contributed by atoms with Gasteiger partial charge in [-0.15, -0.1) is 0 Å². The van der Waals surface area contributed by atoms with E-state index in [9.17, 15) is 14.4 Å². The van der Waals surface area contributed by atoms with Crippen LogP contribution in [0.5, 0.6) is 0 Å². The number of nitrogens with zero attached hydrogens (tertiary/aromatic N) is 3. The molecule has 3 heterocycles. The number of amides is 4. The monoisotopic (exact) mass is 483 g/mol. The number of carbonyl (C=O) groups excluding carboxylic acids is 3. The van der Waals surface area contributed by atoms with Crippen molar-refractivity contribution in [3.05, 3.63) is 24.3 Å². The maximum atomic E-state index is 13.2. The van der Waals surface area contributed by atoms with Crippen LogP contribution < -0.4 is 15.5 Å². The molecule has 2 N–H and O–H groups in total. The van der Waals surface area contributed by atoms with Crippen LogP contribution in [-0.4, -0.2) is 73.0 Å². The molecule has 35 heavy (non-hydrogen) atoms. The molecule has 3 saturated heterocycles. The highest BCUT2D eigenvalue weighted by molar-refractivity contribution is 5.97. The Balaban J connectivity index is 1.36. The summed E-state index contributed by atoms with van der Waals surface area (Å²) in [5, 5.41) is 6.06. The van der Waals surface area contributed by atoms with Crippen molar-refractivity contribution in [1.29, 1.82) is 0 Å². The molecule has 1 aromatic carbocycles. The van der Waals surface area contributed by atoms with Crippen LogP contribution in [0.4, 0.5) is 16.2 Å². The lowest BCUT2D eigenvalue weighted by Gasteiger charge is -2.35. The quantitative estimate of drug-likeness (QED) is 0.589. The summed E-state index contributed by atoms with van der Waals surface area (Å²) in [5.74, 6) is -0.567. The van der Waals surface area contributed by atoms with Gasteiger partial charge in [0.05, 0.1) is 5.92 Å². The predicted molar refractivity (Wildman–Crippen MR) is 138 cm³/mol. The van der Waals surface area contributed by atoms with Gasteiger partial charge in [-0.1, -0.05) is 25.8 Å². The molecule has 0 bridgehead atoms. The topological polar surface area (TPSA) is 85.0 Å². The van der Waals surface area contributed by atoms with Gasteiger partial charge in [0, 0.05) is 50.6 Å². The Kier molecular flexibility index (Phi) is 8.88. The number of benzene rings is 1. The van der Waals surface area contributed by atoms with Gasteiger partial charge in [-0.25, -0.2) is 4.79 Å². The van der Waals surface area contributed by atoms with Crippen LogP contribution in [0.15, 0.2) is 24.3 Å². The van der Waals surface area contributed by atoms with Gasteiger partial charge >= 0.3 is 6.03 Å². The highest BCUT2D eigenvalue weighted by atomic mass is 16.2. The van der Waals surface area contributed by atoms with Crippen molar-refractivity contribution in [2.45, 2.75) is 70.8 Å². The highest BCUT2D eigenvalue weighted by Gasteiger charge is 2.33. The maximum absolute atomic E-state index is 13.2. The summed E-state index contributed by atoms with van der Waals surface area (Å²) in [6.45, 7) is 6.93. The summed E-state index contributed by atoms with van der Waals surface area (Å²) in [5.41, 5.74) is 1.88. The van der Waals surface area contributed by atoms with E-state index in [0.29, 0.717) is 19.5 Å². The van der Waals surface area contributed by atoms with Crippen LogP contribution >= 0.6 is 0 Å². The smallest absolute Gasteiger partial charge is 0.320 e. The summed E-state index contributed by atoms with van der Waals surface area (Å²) in [6, 6.07) is 7.44. The summed E-state index contributed by atoms with van der Waals surface area (Å²) >= 11 is 0. The number of carbonyl (C=O) groups is 3. The van der Waals surface area contributed by atoms with Gasteiger partial charge in [0.1, 0.15) is 6.04 Å². The minimum Gasteiger partial charge on any atom is -0.371 e. The standard InChI is InChI=1S/C27H41N5O3/c1-2-3-13-24(26(34)28-22-11-8-12-23(19-22)30-14-4-5-15-30)29-25(33)21-10-9-18-32(20-21)27(35)31-16-6-7-17-31/h8,11-12,19,21,24H,2-7,9-10,13-18,20H2,1H3,(H,28,34)(H,29,33)/t21-,24-/m0/s1. The van der Waals surface area contributed by atoms with Crippen LogP contribution in [0, 0.1) is 5.92 Å². The second-order valence-electron chi connectivity index (χ2n) is 10.2. The number of nitrogens with one attached hydrogen (secondary N) is 2. The van der Waals surface area contributed by atoms with E-state index < -0.39 is 6.04 Å². The fourth-order valence-electron chi connectivity index (χ4n) is 5.43. The van der Waals surface area contributed by atoms with Crippen molar-refractivity contribution in [2.24, 2.45) is 5.92 Å². The summed E-state index contributed by atoms with van der Waals surface area (Å²) in [6.07, 6.45) is 8.47. The SMILES string of the molecule is CCCC[C@H](NC(=O)[C@H]1CCCN(C(=O)N2CCCC2)C1)C(=O)Nc1cccc(N2CCCC2)c1. The number of unbranched alkanes of at least 4 members (excludes halogenated alkanes) is 1. The summed E-state index contributed by atoms with van der Waals surface area (Å²) in [4.78, 5) is 45.3. The molecule has 1 aromatic rings. The molecule has 192 valence electrons. The molecular formula is C27H41N5O3. The van der Waals surface area contributed by atoms with Crippen molar-refractivity contribution in [3.8, 4) is 0 Å². The Bertz CT molecular complexity index is 879. The van der Waals surface area contributed by atoms with E-state index in [1.165, 1.54) is 12.8 Å². The van der Waals surface area contributed by atoms with Crippen molar-refractivity contribution < 1.29 is 14.4 Å². The van der Waals surface area contributed by atoms with Crippen LogP contribution in [0.25, 0.3) is 0 Å². The van der Waals surface area contributed by atoms with Crippen LogP contribution in [0.2, 0.25) is 0 Å². The molecule has 3 fully saturated rings. The lowest BCUT2D eigenvalue weighted by molar-refractivity contribution is -0.130. The number of urea groups is 1. The van der Waals surface area contributed by atoms with Crippen LogP contribution in [-0.2, 0) is 9.59 Å². The molecule has 0 aromatic heterocycles. The molecule has 0 aliphatic carbocycles. The third-order valence-electron chi connectivity index (χ3n) is 7.50. The van der Waals surface area contributed by atoms with Crippen molar-refractivity contribution in [3.63, 3.8) is 0 Å². The molecule has 3 aliphatic rings. The Labute approximate surface area is 209 Å². The normalized spacial score (nSPS) is 21.2. The Morgan fingerprint density at radius 1 is 0.971 bits per heavy atom. The Morgan fingerprint density at radius 2 is 1.69 bits per heavy atom. The first kappa shape index (κ1) is 25.3. The molecule has 8 heteroatoms. The van der Waals surface area contributed by atoms with Gasteiger partial charge in [0.15, 0.2) is 0 Å². The Morgan fingerprint density at radius 3 is 2.43 bits per heavy atom. The van der Waals surface area contributed by atoms with E-state index in [1.54, 1.807) is 0 Å². The first-order valence-corrected chi connectivity index (χ1v) is 13.5. The van der Waals surface area contributed by atoms with E-state index in [4.69, 9.17) is 0 Å². The number of hydrogen-bond acceptors (Lipinski definition) is 4. The van der Waals surface area contributed by atoms with Crippen molar-refractivity contribution in [1.82, 2.24) is 15.1 Å². The summed E-state index contributed by atoms with van der Waals surface area (Å²) in [7, 11) is 0. The largest absolute Gasteiger partial charge is 0.371 e. The zero-order valence-corrected chi connectivity index (χ0v) is 21.1. The van der Waals surface area contributed by atoms with Gasteiger partial charge in [0.2, 0.25) is 11.8 Å². The minimum atomic E-state index is -0.581.